The Morgan fingerprint density at radius 1 is 1.24 bits per heavy atom. The van der Waals surface area contributed by atoms with Crippen LogP contribution in [-0.2, 0) is 4.79 Å². The standard InChI is InChI=1S/C16H23NO4/c1-4-21-14-9-7-13(8-10-14)16(20)17(12(2)3)11-5-6-15(18)19/h7-10,12H,4-6,11H2,1-3H3,(H,18,19). The van der Waals surface area contributed by atoms with Gasteiger partial charge in [-0.05, 0) is 51.5 Å². The van der Waals surface area contributed by atoms with Crippen LogP contribution in [-0.4, -0.2) is 41.1 Å². The smallest absolute Gasteiger partial charge is 0.303 e. The molecule has 1 rings (SSSR count). The van der Waals surface area contributed by atoms with Crippen LogP contribution in [0.4, 0.5) is 0 Å². The molecule has 0 aliphatic rings. The molecule has 21 heavy (non-hydrogen) atoms. The van der Waals surface area contributed by atoms with Gasteiger partial charge >= 0.3 is 5.97 Å². The molecule has 0 unspecified atom stereocenters. The van der Waals surface area contributed by atoms with Crippen molar-refractivity contribution in [3.05, 3.63) is 29.8 Å². The number of carboxylic acids is 1. The first-order valence-electron chi connectivity index (χ1n) is 7.21. The molecule has 116 valence electrons. The summed E-state index contributed by atoms with van der Waals surface area (Å²) < 4.78 is 5.35. The summed E-state index contributed by atoms with van der Waals surface area (Å²) in [5.74, 6) is -0.193. The van der Waals surface area contributed by atoms with Gasteiger partial charge in [-0.25, -0.2) is 0 Å². The number of rotatable bonds is 8. The van der Waals surface area contributed by atoms with E-state index in [4.69, 9.17) is 9.84 Å². The molecule has 1 N–H and O–H groups in total. The molecule has 0 radical (unpaired) electrons. The van der Waals surface area contributed by atoms with E-state index in [1.165, 1.54) is 0 Å². The zero-order valence-electron chi connectivity index (χ0n) is 12.8. The fraction of sp³-hybridized carbons (Fsp3) is 0.500. The predicted octanol–water partition coefficient (Wildman–Crippen LogP) is 2.80. The Bertz CT molecular complexity index is 468. The van der Waals surface area contributed by atoms with Crippen LogP contribution >= 0.6 is 0 Å². The third kappa shape index (κ3) is 5.45. The van der Waals surface area contributed by atoms with Crippen LogP contribution in [0.2, 0.25) is 0 Å². The summed E-state index contributed by atoms with van der Waals surface area (Å²) in [6.45, 7) is 6.78. The van der Waals surface area contributed by atoms with Gasteiger partial charge in [0.1, 0.15) is 5.75 Å². The minimum Gasteiger partial charge on any atom is -0.494 e. The summed E-state index contributed by atoms with van der Waals surface area (Å²) in [4.78, 5) is 24.7. The number of ether oxygens (including phenoxy) is 1. The Labute approximate surface area is 125 Å². The minimum atomic E-state index is -0.841. The van der Waals surface area contributed by atoms with Crippen LogP contribution in [0.5, 0.6) is 5.75 Å². The van der Waals surface area contributed by atoms with Crippen molar-refractivity contribution in [3.63, 3.8) is 0 Å². The SMILES string of the molecule is CCOc1ccc(C(=O)N(CCCC(=O)O)C(C)C)cc1. The summed E-state index contributed by atoms with van der Waals surface area (Å²) in [7, 11) is 0. The normalized spacial score (nSPS) is 10.5. The third-order valence-electron chi connectivity index (χ3n) is 3.09. The maximum Gasteiger partial charge on any atom is 0.303 e. The van der Waals surface area contributed by atoms with Crippen LogP contribution in [0.1, 0.15) is 44.0 Å². The van der Waals surface area contributed by atoms with Gasteiger partial charge in [-0.3, -0.25) is 9.59 Å². The molecule has 0 bridgehead atoms. The molecule has 0 spiro atoms. The van der Waals surface area contributed by atoms with Crippen LogP contribution in [0, 0.1) is 0 Å². The Morgan fingerprint density at radius 3 is 2.33 bits per heavy atom. The Balaban J connectivity index is 2.73. The first-order chi connectivity index (χ1) is 9.95. The zero-order valence-corrected chi connectivity index (χ0v) is 12.8. The summed E-state index contributed by atoms with van der Waals surface area (Å²) in [5.41, 5.74) is 0.586. The minimum absolute atomic E-state index is 0.0258. The second-order valence-electron chi connectivity index (χ2n) is 5.05. The summed E-state index contributed by atoms with van der Waals surface area (Å²) in [6, 6.07) is 7.04. The van der Waals surface area contributed by atoms with E-state index in [1.807, 2.05) is 20.8 Å². The fourth-order valence-electron chi connectivity index (χ4n) is 2.02. The fourth-order valence-corrected chi connectivity index (χ4v) is 2.02. The summed E-state index contributed by atoms with van der Waals surface area (Å²) in [5, 5.41) is 8.68. The number of hydrogen-bond acceptors (Lipinski definition) is 3. The second-order valence-corrected chi connectivity index (χ2v) is 5.05. The molecule has 1 amide bonds. The van der Waals surface area contributed by atoms with E-state index in [0.29, 0.717) is 25.1 Å². The highest BCUT2D eigenvalue weighted by atomic mass is 16.5. The molecule has 5 nitrogen and oxygen atoms in total. The van der Waals surface area contributed by atoms with E-state index in [9.17, 15) is 9.59 Å². The lowest BCUT2D eigenvalue weighted by atomic mass is 10.1. The van der Waals surface area contributed by atoms with Crippen molar-refractivity contribution in [2.45, 2.75) is 39.7 Å². The molecule has 0 heterocycles. The highest BCUT2D eigenvalue weighted by molar-refractivity contribution is 5.94. The topological polar surface area (TPSA) is 66.8 Å². The largest absolute Gasteiger partial charge is 0.494 e. The number of aliphatic carboxylic acids is 1. The molecular formula is C16H23NO4. The van der Waals surface area contributed by atoms with Gasteiger partial charge in [0.15, 0.2) is 0 Å². The van der Waals surface area contributed by atoms with Crippen LogP contribution in [0.25, 0.3) is 0 Å². The van der Waals surface area contributed by atoms with Crippen LogP contribution < -0.4 is 4.74 Å². The molecule has 0 atom stereocenters. The molecular weight excluding hydrogens is 270 g/mol. The van der Waals surface area contributed by atoms with Gasteiger partial charge in [-0.2, -0.15) is 0 Å². The van der Waals surface area contributed by atoms with Gasteiger partial charge in [0.25, 0.3) is 5.91 Å². The van der Waals surface area contributed by atoms with Gasteiger partial charge in [0.05, 0.1) is 6.61 Å². The van der Waals surface area contributed by atoms with Crippen molar-refractivity contribution in [2.75, 3.05) is 13.2 Å². The number of carbonyl (C=O) groups is 2. The number of benzene rings is 1. The van der Waals surface area contributed by atoms with Crippen molar-refractivity contribution >= 4 is 11.9 Å². The van der Waals surface area contributed by atoms with Crippen molar-refractivity contribution in [3.8, 4) is 5.75 Å². The molecule has 0 fully saturated rings. The molecule has 0 saturated heterocycles. The number of hydrogen-bond donors (Lipinski definition) is 1. The van der Waals surface area contributed by atoms with E-state index >= 15 is 0 Å². The maximum atomic E-state index is 12.5. The van der Waals surface area contributed by atoms with Crippen molar-refractivity contribution in [1.29, 1.82) is 0 Å². The quantitative estimate of drug-likeness (QED) is 0.800. The Kier molecular flexibility index (Phi) is 6.72. The first-order valence-corrected chi connectivity index (χ1v) is 7.21. The average molecular weight is 293 g/mol. The Morgan fingerprint density at radius 2 is 1.86 bits per heavy atom. The molecule has 0 aromatic heterocycles. The molecule has 0 saturated carbocycles. The van der Waals surface area contributed by atoms with Crippen molar-refractivity contribution in [1.82, 2.24) is 4.90 Å². The number of carbonyl (C=O) groups excluding carboxylic acids is 1. The molecule has 5 heteroatoms. The first kappa shape index (κ1) is 17.0. The molecule has 1 aromatic rings. The van der Waals surface area contributed by atoms with Crippen LogP contribution in [0.15, 0.2) is 24.3 Å². The van der Waals surface area contributed by atoms with Crippen LogP contribution in [0.3, 0.4) is 0 Å². The monoisotopic (exact) mass is 293 g/mol. The highest BCUT2D eigenvalue weighted by Gasteiger charge is 2.18. The lowest BCUT2D eigenvalue weighted by molar-refractivity contribution is -0.137. The molecule has 0 aliphatic carbocycles. The predicted molar refractivity (Wildman–Crippen MR) is 80.7 cm³/mol. The third-order valence-corrected chi connectivity index (χ3v) is 3.09. The van der Waals surface area contributed by atoms with Gasteiger partial charge in [0, 0.05) is 24.6 Å². The summed E-state index contributed by atoms with van der Waals surface area (Å²) >= 11 is 0. The Hall–Kier alpha value is -2.04. The highest BCUT2D eigenvalue weighted by Crippen LogP contribution is 2.15. The molecule has 1 aromatic carbocycles. The lowest BCUT2D eigenvalue weighted by Gasteiger charge is -2.26. The summed E-state index contributed by atoms with van der Waals surface area (Å²) in [6.07, 6.45) is 0.524. The van der Waals surface area contributed by atoms with Crippen molar-refractivity contribution < 1.29 is 19.4 Å². The van der Waals surface area contributed by atoms with Gasteiger partial charge in [-0.1, -0.05) is 0 Å². The van der Waals surface area contributed by atoms with Crippen molar-refractivity contribution in [2.24, 2.45) is 0 Å². The van der Waals surface area contributed by atoms with E-state index in [-0.39, 0.29) is 18.4 Å². The lowest BCUT2D eigenvalue weighted by Crippen LogP contribution is -2.37. The van der Waals surface area contributed by atoms with E-state index in [0.717, 1.165) is 5.75 Å². The van der Waals surface area contributed by atoms with E-state index in [1.54, 1.807) is 29.2 Å². The van der Waals surface area contributed by atoms with E-state index < -0.39 is 5.97 Å². The average Bonchev–Trinajstić information content (AvgIpc) is 2.43. The number of amides is 1. The van der Waals surface area contributed by atoms with E-state index in [2.05, 4.69) is 0 Å². The van der Waals surface area contributed by atoms with Gasteiger partial charge in [0.2, 0.25) is 0 Å². The number of nitrogens with zero attached hydrogens (tertiary/aromatic N) is 1. The maximum absolute atomic E-state index is 12.5. The van der Waals surface area contributed by atoms with Gasteiger partial charge < -0.3 is 14.7 Å². The zero-order chi connectivity index (χ0) is 15.8. The molecule has 0 aliphatic heterocycles. The van der Waals surface area contributed by atoms with Gasteiger partial charge in [-0.15, -0.1) is 0 Å². The number of carboxylic acid groups (broad SMARTS) is 1. The second kappa shape index (κ2) is 8.29.